The monoisotopic (exact) mass is 297 g/mol. The molecule has 0 aliphatic carbocycles. The first-order chi connectivity index (χ1) is 9.36. The summed E-state index contributed by atoms with van der Waals surface area (Å²) in [4.78, 5) is 5.06. The Labute approximate surface area is 121 Å². The molecule has 0 bridgehead atoms. The van der Waals surface area contributed by atoms with E-state index in [1.54, 1.807) is 6.92 Å². The van der Waals surface area contributed by atoms with E-state index < -0.39 is 17.4 Å². The number of phenols is 1. The molecule has 1 N–H and O–H groups in total. The maximum absolute atomic E-state index is 14.7. The molecular weight excluding hydrogens is 280 g/mol. The number of halogens is 2. The number of phenolic OH excluding ortho intramolecular Hbond substituents is 1. The van der Waals surface area contributed by atoms with Gasteiger partial charge in [0.15, 0.2) is 0 Å². The Kier molecular flexibility index (Phi) is 4.09. The van der Waals surface area contributed by atoms with Crippen molar-refractivity contribution in [3.8, 4) is 17.0 Å². The summed E-state index contributed by atoms with van der Waals surface area (Å²) in [5.74, 6) is -2.07. The molecular formula is C15H17F2NOS. The zero-order chi connectivity index (χ0) is 15.0. The summed E-state index contributed by atoms with van der Waals surface area (Å²) < 4.78 is 28.6. The van der Waals surface area contributed by atoms with Gasteiger partial charge in [-0.3, -0.25) is 0 Å². The van der Waals surface area contributed by atoms with Crippen LogP contribution in [0.25, 0.3) is 11.3 Å². The molecule has 1 aromatic carbocycles. The van der Waals surface area contributed by atoms with E-state index >= 15 is 0 Å². The summed E-state index contributed by atoms with van der Waals surface area (Å²) in [5.41, 5.74) is 0.418. The minimum absolute atomic E-state index is 0.00329. The van der Waals surface area contributed by atoms with E-state index in [4.69, 9.17) is 0 Å². The minimum atomic E-state index is -0.706. The summed E-state index contributed by atoms with van der Waals surface area (Å²) in [6, 6.07) is 0.980. The zero-order valence-corrected chi connectivity index (χ0v) is 12.7. The maximum Gasteiger partial charge on any atom is 0.142 e. The number of hydrogen-bond donors (Lipinski definition) is 1. The number of aromatic nitrogens is 1. The van der Waals surface area contributed by atoms with Crippen molar-refractivity contribution < 1.29 is 13.9 Å². The highest BCUT2D eigenvalue weighted by molar-refractivity contribution is 7.11. The Balaban J connectivity index is 2.74. The van der Waals surface area contributed by atoms with Gasteiger partial charge >= 0.3 is 0 Å². The number of benzene rings is 1. The molecule has 0 fully saturated rings. The Morgan fingerprint density at radius 3 is 2.50 bits per heavy atom. The van der Waals surface area contributed by atoms with Crippen molar-refractivity contribution in [1.29, 1.82) is 0 Å². The van der Waals surface area contributed by atoms with Crippen LogP contribution in [0.3, 0.4) is 0 Å². The van der Waals surface area contributed by atoms with E-state index in [2.05, 4.69) is 4.98 Å². The van der Waals surface area contributed by atoms with Crippen molar-refractivity contribution in [2.45, 2.75) is 40.0 Å². The molecule has 0 amide bonds. The Morgan fingerprint density at radius 1 is 1.35 bits per heavy atom. The fourth-order valence-corrected chi connectivity index (χ4v) is 3.09. The van der Waals surface area contributed by atoms with Gasteiger partial charge in [0, 0.05) is 16.5 Å². The number of rotatable bonds is 3. The van der Waals surface area contributed by atoms with Gasteiger partial charge < -0.3 is 5.11 Å². The van der Waals surface area contributed by atoms with Crippen LogP contribution in [0.5, 0.6) is 5.75 Å². The highest BCUT2D eigenvalue weighted by atomic mass is 32.1. The molecule has 0 aliphatic rings. The van der Waals surface area contributed by atoms with Crippen LogP contribution in [0.1, 0.15) is 41.6 Å². The van der Waals surface area contributed by atoms with Crippen molar-refractivity contribution in [3.63, 3.8) is 0 Å². The number of aromatic hydroxyl groups is 1. The number of thiazole rings is 1. The van der Waals surface area contributed by atoms with Crippen LogP contribution in [0.2, 0.25) is 0 Å². The first-order valence-corrected chi connectivity index (χ1v) is 7.33. The summed E-state index contributed by atoms with van der Waals surface area (Å²) >= 11 is 1.42. The molecule has 0 saturated heterocycles. The third-order valence-electron chi connectivity index (χ3n) is 3.48. The van der Waals surface area contributed by atoms with Gasteiger partial charge in [-0.05, 0) is 26.2 Å². The average Bonchev–Trinajstić information content (AvgIpc) is 2.67. The molecule has 5 heteroatoms. The fourth-order valence-electron chi connectivity index (χ4n) is 2.26. The average molecular weight is 297 g/mol. The highest BCUT2D eigenvalue weighted by Crippen LogP contribution is 2.40. The van der Waals surface area contributed by atoms with Crippen molar-refractivity contribution in [3.05, 3.63) is 33.1 Å². The van der Waals surface area contributed by atoms with Crippen LogP contribution in [-0.2, 0) is 0 Å². The second kappa shape index (κ2) is 5.48. The predicted octanol–water partition coefficient (Wildman–Crippen LogP) is 4.92. The van der Waals surface area contributed by atoms with Crippen molar-refractivity contribution >= 4 is 11.3 Å². The minimum Gasteiger partial charge on any atom is -0.507 e. The van der Waals surface area contributed by atoms with E-state index in [0.717, 1.165) is 16.0 Å². The second-order valence-corrected chi connectivity index (χ2v) is 6.33. The van der Waals surface area contributed by atoms with Crippen LogP contribution in [0, 0.1) is 25.5 Å². The molecule has 108 valence electrons. The number of nitrogens with zero attached hydrogens (tertiary/aromatic N) is 1. The molecule has 20 heavy (non-hydrogen) atoms. The van der Waals surface area contributed by atoms with Gasteiger partial charge in [0.25, 0.3) is 0 Å². The van der Waals surface area contributed by atoms with Gasteiger partial charge in [0.1, 0.15) is 17.4 Å². The maximum atomic E-state index is 14.7. The van der Waals surface area contributed by atoms with Crippen molar-refractivity contribution in [1.82, 2.24) is 4.98 Å². The molecule has 1 heterocycles. The second-order valence-electron chi connectivity index (χ2n) is 4.93. The predicted molar refractivity (Wildman–Crippen MR) is 77.3 cm³/mol. The molecule has 0 spiro atoms. The molecule has 2 rings (SSSR count). The lowest BCUT2D eigenvalue weighted by atomic mass is 9.93. The SMILES string of the molecule is CCC(C)c1c(F)cc(O)c(-c2nc(C)sc2C)c1F. The molecule has 1 aromatic heterocycles. The molecule has 0 saturated carbocycles. The molecule has 2 aromatic rings. The van der Waals surface area contributed by atoms with Gasteiger partial charge in [-0.1, -0.05) is 13.8 Å². The standard InChI is InChI=1S/C15H17F2NOS/c1-5-7(2)12-10(16)6-11(19)13(14(12)17)15-8(3)20-9(4)18-15/h6-7,19H,5H2,1-4H3. The van der Waals surface area contributed by atoms with E-state index in [9.17, 15) is 13.9 Å². The summed E-state index contributed by atoms with van der Waals surface area (Å²) in [6.45, 7) is 7.26. The Hall–Kier alpha value is -1.49. The van der Waals surface area contributed by atoms with Gasteiger partial charge in [-0.25, -0.2) is 13.8 Å². The van der Waals surface area contributed by atoms with Crippen molar-refractivity contribution in [2.24, 2.45) is 0 Å². The summed E-state index contributed by atoms with van der Waals surface area (Å²) in [6.07, 6.45) is 0.618. The number of aryl methyl sites for hydroxylation is 2. The van der Waals surface area contributed by atoms with Crippen LogP contribution in [0.15, 0.2) is 6.07 Å². The fraction of sp³-hybridized carbons (Fsp3) is 0.400. The Morgan fingerprint density at radius 2 is 2.00 bits per heavy atom. The van der Waals surface area contributed by atoms with Gasteiger partial charge in [0.05, 0.1) is 16.3 Å². The van der Waals surface area contributed by atoms with E-state index in [0.29, 0.717) is 12.1 Å². The molecule has 1 atom stereocenters. The molecule has 0 radical (unpaired) electrons. The van der Waals surface area contributed by atoms with Crippen LogP contribution < -0.4 is 0 Å². The van der Waals surface area contributed by atoms with Crippen LogP contribution in [-0.4, -0.2) is 10.1 Å². The molecule has 0 aliphatic heterocycles. The lowest BCUT2D eigenvalue weighted by molar-refractivity contribution is 0.455. The van der Waals surface area contributed by atoms with Crippen LogP contribution in [0.4, 0.5) is 8.78 Å². The van der Waals surface area contributed by atoms with E-state index in [1.165, 1.54) is 11.3 Å². The smallest absolute Gasteiger partial charge is 0.142 e. The zero-order valence-electron chi connectivity index (χ0n) is 11.9. The number of hydrogen-bond acceptors (Lipinski definition) is 3. The summed E-state index contributed by atoms with van der Waals surface area (Å²) in [7, 11) is 0. The molecule has 2 nitrogen and oxygen atoms in total. The topological polar surface area (TPSA) is 33.1 Å². The Bertz CT molecular complexity index is 652. The van der Waals surface area contributed by atoms with Crippen molar-refractivity contribution in [2.75, 3.05) is 0 Å². The van der Waals surface area contributed by atoms with Gasteiger partial charge in [-0.15, -0.1) is 11.3 Å². The van der Waals surface area contributed by atoms with Gasteiger partial charge in [0.2, 0.25) is 0 Å². The first kappa shape index (κ1) is 14.9. The lowest BCUT2D eigenvalue weighted by Gasteiger charge is -2.15. The summed E-state index contributed by atoms with van der Waals surface area (Å²) in [5, 5.41) is 10.7. The first-order valence-electron chi connectivity index (χ1n) is 6.52. The molecule has 1 unspecified atom stereocenters. The van der Waals surface area contributed by atoms with Gasteiger partial charge in [-0.2, -0.15) is 0 Å². The largest absolute Gasteiger partial charge is 0.507 e. The third kappa shape index (κ3) is 2.42. The quantitative estimate of drug-likeness (QED) is 0.872. The van der Waals surface area contributed by atoms with Crippen LogP contribution >= 0.6 is 11.3 Å². The van der Waals surface area contributed by atoms with E-state index in [-0.39, 0.29) is 17.0 Å². The third-order valence-corrected chi connectivity index (χ3v) is 4.36. The lowest BCUT2D eigenvalue weighted by Crippen LogP contribution is -2.03. The van der Waals surface area contributed by atoms with E-state index in [1.807, 2.05) is 20.8 Å². The highest BCUT2D eigenvalue weighted by Gasteiger charge is 2.25. The normalized spacial score (nSPS) is 12.7.